The zero-order valence-electron chi connectivity index (χ0n) is 15.9. The Labute approximate surface area is 174 Å². The zero-order valence-corrected chi connectivity index (χ0v) is 16.7. The monoisotopic (exact) mass is 429 g/mol. The number of hydrogen-bond donors (Lipinski definition) is 1. The van der Waals surface area contributed by atoms with Crippen LogP contribution in [0, 0.1) is 5.82 Å². The molecule has 0 spiro atoms. The van der Waals surface area contributed by atoms with Gasteiger partial charge in [0.25, 0.3) is 5.56 Å². The molecule has 0 saturated heterocycles. The van der Waals surface area contributed by atoms with Gasteiger partial charge in [-0.25, -0.2) is 18.3 Å². The van der Waals surface area contributed by atoms with E-state index in [1.165, 1.54) is 33.2 Å². The number of hydrogen-bond acceptors (Lipinski definition) is 4. The van der Waals surface area contributed by atoms with Crippen molar-refractivity contribution in [3.63, 3.8) is 0 Å². The summed E-state index contributed by atoms with van der Waals surface area (Å²) in [5, 5.41) is 7.30. The summed E-state index contributed by atoms with van der Waals surface area (Å²) in [5.74, 6) is -1.11. The molecule has 1 N–H and O–H groups in total. The third-order valence-corrected chi connectivity index (χ3v) is 4.86. The van der Waals surface area contributed by atoms with Gasteiger partial charge in [0.1, 0.15) is 12.4 Å². The molecule has 0 radical (unpaired) electrons. The number of nitrogens with one attached hydrogen (secondary N) is 1. The Bertz CT molecular complexity index is 1410. The topological polar surface area (TPSA) is 90.4 Å². The van der Waals surface area contributed by atoms with E-state index in [-0.39, 0.29) is 17.0 Å². The van der Waals surface area contributed by atoms with Crippen LogP contribution in [0.1, 0.15) is 13.3 Å². The maximum Gasteiger partial charge on any atom is 0.352 e. The van der Waals surface area contributed by atoms with E-state index in [0.29, 0.717) is 28.9 Å². The molecule has 30 heavy (non-hydrogen) atoms. The van der Waals surface area contributed by atoms with Gasteiger partial charge in [0, 0.05) is 11.6 Å². The summed E-state index contributed by atoms with van der Waals surface area (Å²) in [6.07, 6.45) is 0.642. The molecule has 0 saturated carbocycles. The molecule has 4 aromatic rings. The van der Waals surface area contributed by atoms with Crippen molar-refractivity contribution in [2.24, 2.45) is 0 Å². The van der Waals surface area contributed by atoms with Crippen molar-refractivity contribution < 1.29 is 9.18 Å². The van der Waals surface area contributed by atoms with Gasteiger partial charge in [-0.1, -0.05) is 30.7 Å². The highest BCUT2D eigenvalue weighted by atomic mass is 35.5. The van der Waals surface area contributed by atoms with Gasteiger partial charge in [-0.15, -0.1) is 5.10 Å². The van der Waals surface area contributed by atoms with Crippen LogP contribution in [0.25, 0.3) is 16.7 Å². The second-order valence-electron chi connectivity index (χ2n) is 6.72. The van der Waals surface area contributed by atoms with E-state index in [1.54, 1.807) is 18.2 Å². The van der Waals surface area contributed by atoms with Crippen molar-refractivity contribution >= 4 is 39.9 Å². The normalized spacial score (nSPS) is 11.3. The molecule has 2 aromatic carbocycles. The molecule has 10 heteroatoms. The molecule has 4 rings (SSSR count). The highest BCUT2D eigenvalue weighted by Crippen LogP contribution is 2.17. The van der Waals surface area contributed by atoms with Gasteiger partial charge in [0.05, 0.1) is 16.6 Å². The number of amides is 1. The number of anilines is 1. The lowest BCUT2D eigenvalue weighted by Crippen LogP contribution is -2.29. The van der Waals surface area contributed by atoms with E-state index >= 15 is 0 Å². The molecule has 154 valence electrons. The summed E-state index contributed by atoms with van der Waals surface area (Å²) in [5.41, 5.74) is -0.602. The molecule has 0 aliphatic rings. The van der Waals surface area contributed by atoms with Crippen molar-refractivity contribution in [1.29, 1.82) is 0 Å². The van der Waals surface area contributed by atoms with Gasteiger partial charge >= 0.3 is 5.69 Å². The summed E-state index contributed by atoms with van der Waals surface area (Å²) >= 11 is 6.07. The highest BCUT2D eigenvalue weighted by molar-refractivity contribution is 6.31. The van der Waals surface area contributed by atoms with Crippen LogP contribution in [0.5, 0.6) is 0 Å². The molecule has 8 nitrogen and oxygen atoms in total. The van der Waals surface area contributed by atoms with Crippen LogP contribution in [0.4, 0.5) is 10.1 Å². The van der Waals surface area contributed by atoms with E-state index < -0.39 is 24.0 Å². The van der Waals surface area contributed by atoms with Crippen LogP contribution in [0.15, 0.2) is 52.1 Å². The Morgan fingerprint density at radius 1 is 1.20 bits per heavy atom. The Morgan fingerprint density at radius 3 is 2.70 bits per heavy atom. The minimum absolute atomic E-state index is 0.000522. The number of carbonyl (C=O) groups excluding carboxylic acids is 1. The number of rotatable bonds is 5. The Hall–Kier alpha value is -3.46. The van der Waals surface area contributed by atoms with Crippen molar-refractivity contribution in [3.05, 3.63) is 74.1 Å². The predicted molar refractivity (Wildman–Crippen MR) is 112 cm³/mol. The van der Waals surface area contributed by atoms with Crippen LogP contribution >= 0.6 is 11.6 Å². The van der Waals surface area contributed by atoms with Gasteiger partial charge in [-0.2, -0.15) is 0 Å². The summed E-state index contributed by atoms with van der Waals surface area (Å²) in [6.45, 7) is 1.79. The Balaban J connectivity index is 1.84. The maximum atomic E-state index is 13.8. The third-order valence-electron chi connectivity index (χ3n) is 4.63. The van der Waals surface area contributed by atoms with Crippen LogP contribution in [0.2, 0.25) is 5.02 Å². The second kappa shape index (κ2) is 7.75. The van der Waals surface area contributed by atoms with Crippen LogP contribution < -0.4 is 16.6 Å². The molecule has 0 fully saturated rings. The molecule has 0 aliphatic heterocycles. The molecular formula is C20H17ClFN5O3. The van der Waals surface area contributed by atoms with E-state index in [0.717, 1.165) is 4.68 Å². The third kappa shape index (κ3) is 3.37. The van der Waals surface area contributed by atoms with E-state index in [4.69, 9.17) is 11.6 Å². The first kappa shape index (κ1) is 19.8. The summed E-state index contributed by atoms with van der Waals surface area (Å²) in [7, 11) is 0. The lowest BCUT2D eigenvalue weighted by molar-refractivity contribution is -0.117. The highest BCUT2D eigenvalue weighted by Gasteiger charge is 2.19. The van der Waals surface area contributed by atoms with E-state index in [9.17, 15) is 18.8 Å². The fraction of sp³-hybridized carbons (Fsp3) is 0.200. The lowest BCUT2D eigenvalue weighted by atomic mass is 10.2. The number of nitrogens with zero attached hydrogens (tertiary/aromatic N) is 4. The predicted octanol–water partition coefficient (Wildman–Crippen LogP) is 2.65. The standard InChI is InChI=1S/C20H17ClFN5O3/c1-2-9-25-18(29)13-8-7-12(21)10-16(13)27-19(25)24-26(20(27)30)11-17(28)23-15-6-4-3-5-14(15)22/h3-8,10H,2,9,11H2,1H3,(H,23,28). The molecule has 0 bridgehead atoms. The summed E-state index contributed by atoms with van der Waals surface area (Å²) in [4.78, 5) is 38.3. The molecule has 0 atom stereocenters. The second-order valence-corrected chi connectivity index (χ2v) is 7.16. The van der Waals surface area contributed by atoms with Gasteiger partial charge < -0.3 is 5.32 Å². The number of benzene rings is 2. The minimum Gasteiger partial charge on any atom is -0.322 e. The van der Waals surface area contributed by atoms with Gasteiger partial charge in [0.15, 0.2) is 0 Å². The average molecular weight is 430 g/mol. The quantitative estimate of drug-likeness (QED) is 0.528. The smallest absolute Gasteiger partial charge is 0.322 e. The van der Waals surface area contributed by atoms with Crippen LogP contribution in [-0.2, 0) is 17.9 Å². The molecule has 1 amide bonds. The van der Waals surface area contributed by atoms with Gasteiger partial charge in [-0.05, 0) is 36.8 Å². The van der Waals surface area contributed by atoms with Gasteiger partial charge in [-0.3, -0.25) is 14.2 Å². The number of carbonyl (C=O) groups is 1. The Kier molecular flexibility index (Phi) is 5.13. The number of para-hydroxylation sites is 1. The minimum atomic E-state index is -0.627. The summed E-state index contributed by atoms with van der Waals surface area (Å²) < 4.78 is 17.4. The molecule has 2 aromatic heterocycles. The first-order valence-electron chi connectivity index (χ1n) is 9.26. The van der Waals surface area contributed by atoms with Crippen LogP contribution in [0.3, 0.4) is 0 Å². The number of halogens is 2. The average Bonchev–Trinajstić information content (AvgIpc) is 3.03. The van der Waals surface area contributed by atoms with Crippen molar-refractivity contribution in [2.45, 2.75) is 26.4 Å². The Morgan fingerprint density at radius 2 is 1.97 bits per heavy atom. The van der Waals surface area contributed by atoms with Crippen molar-refractivity contribution in [3.8, 4) is 0 Å². The molecular weight excluding hydrogens is 413 g/mol. The number of aryl methyl sites for hydroxylation is 1. The number of fused-ring (bicyclic) bond motifs is 3. The fourth-order valence-electron chi connectivity index (χ4n) is 3.31. The fourth-order valence-corrected chi connectivity index (χ4v) is 3.47. The van der Waals surface area contributed by atoms with Crippen LogP contribution in [-0.4, -0.2) is 24.7 Å². The molecule has 0 unspecified atom stereocenters. The van der Waals surface area contributed by atoms with Crippen molar-refractivity contribution in [1.82, 2.24) is 18.7 Å². The first-order valence-corrected chi connectivity index (χ1v) is 9.64. The molecule has 0 aliphatic carbocycles. The summed E-state index contributed by atoms with van der Waals surface area (Å²) in [6, 6.07) is 10.3. The first-order chi connectivity index (χ1) is 14.4. The van der Waals surface area contributed by atoms with Gasteiger partial charge in [0.2, 0.25) is 11.7 Å². The largest absolute Gasteiger partial charge is 0.352 e. The zero-order chi connectivity index (χ0) is 21.4. The molecule has 2 heterocycles. The van der Waals surface area contributed by atoms with E-state index in [1.807, 2.05) is 6.92 Å². The lowest BCUT2D eigenvalue weighted by Gasteiger charge is -2.08. The SMILES string of the molecule is CCCn1c(=O)c2ccc(Cl)cc2n2c(=O)n(CC(=O)Nc3ccccc3F)nc12. The van der Waals surface area contributed by atoms with Crippen molar-refractivity contribution in [2.75, 3.05) is 5.32 Å². The van der Waals surface area contributed by atoms with E-state index in [2.05, 4.69) is 10.4 Å². The maximum absolute atomic E-state index is 13.8. The number of aromatic nitrogens is 4.